The van der Waals surface area contributed by atoms with Crippen LogP contribution in [0.3, 0.4) is 0 Å². The molecule has 1 aromatic carbocycles. The highest BCUT2D eigenvalue weighted by atomic mass is 32.1. The van der Waals surface area contributed by atoms with Gasteiger partial charge < -0.3 is 15.7 Å². The lowest BCUT2D eigenvalue weighted by Gasteiger charge is -2.12. The van der Waals surface area contributed by atoms with Crippen LogP contribution in [0.5, 0.6) is 0 Å². The van der Waals surface area contributed by atoms with Gasteiger partial charge in [0.25, 0.3) is 0 Å². The van der Waals surface area contributed by atoms with E-state index in [0.29, 0.717) is 11.7 Å². The molecule has 0 aromatic heterocycles. The first-order valence-electron chi connectivity index (χ1n) is 5.01. The maximum Gasteiger partial charge on any atom is 0.171 e. The van der Waals surface area contributed by atoms with E-state index in [1.807, 2.05) is 31.2 Å². The van der Waals surface area contributed by atoms with E-state index < -0.39 is 0 Å². The molecule has 0 saturated heterocycles. The van der Waals surface area contributed by atoms with Gasteiger partial charge in [0.15, 0.2) is 5.11 Å². The number of aliphatic hydroxyl groups excluding tert-OH is 1. The monoisotopic (exact) mass is 236 g/mol. The summed E-state index contributed by atoms with van der Waals surface area (Å²) in [5.74, 6) is 0. The summed E-state index contributed by atoms with van der Waals surface area (Å²) in [6.45, 7) is 6.34. The predicted octanol–water partition coefficient (Wildman–Crippen LogP) is 2.04. The zero-order chi connectivity index (χ0) is 12.0. The molecule has 16 heavy (non-hydrogen) atoms. The number of anilines is 1. The molecule has 0 amide bonds. The Hall–Kier alpha value is -1.39. The molecule has 0 aliphatic carbocycles. The fraction of sp³-hybridized carbons (Fsp3) is 0.250. The minimum Gasteiger partial charge on any atom is -0.392 e. The maximum absolute atomic E-state index is 9.13. The molecule has 1 aromatic rings. The van der Waals surface area contributed by atoms with Gasteiger partial charge in [0.1, 0.15) is 0 Å². The average Bonchev–Trinajstić information content (AvgIpc) is 2.27. The van der Waals surface area contributed by atoms with Crippen molar-refractivity contribution < 1.29 is 5.11 Å². The molecule has 0 radical (unpaired) electrons. The molecule has 4 heteroatoms. The zero-order valence-corrected chi connectivity index (χ0v) is 10.1. The molecule has 0 spiro atoms. The first kappa shape index (κ1) is 12.7. The van der Waals surface area contributed by atoms with Crippen LogP contribution in [0, 0.1) is 0 Å². The summed E-state index contributed by atoms with van der Waals surface area (Å²) in [5.41, 5.74) is 2.66. The third kappa shape index (κ3) is 4.00. The molecule has 0 fully saturated rings. The van der Waals surface area contributed by atoms with E-state index >= 15 is 0 Å². The number of hydrogen-bond acceptors (Lipinski definition) is 2. The normalized spacial score (nSPS) is 9.62. The van der Waals surface area contributed by atoms with Gasteiger partial charge in [0.05, 0.1) is 6.61 Å². The van der Waals surface area contributed by atoms with Gasteiger partial charge in [0, 0.05) is 17.8 Å². The second-order valence-electron chi connectivity index (χ2n) is 3.58. The quantitative estimate of drug-likeness (QED) is 0.553. The van der Waals surface area contributed by atoms with Crippen molar-refractivity contribution in [2.24, 2.45) is 0 Å². The van der Waals surface area contributed by atoms with Crippen LogP contribution in [0.1, 0.15) is 12.5 Å². The van der Waals surface area contributed by atoms with Crippen LogP contribution in [-0.2, 0) is 6.61 Å². The number of nitrogens with one attached hydrogen (secondary N) is 2. The van der Waals surface area contributed by atoms with E-state index in [1.54, 1.807) is 0 Å². The van der Waals surface area contributed by atoms with Crippen molar-refractivity contribution >= 4 is 23.0 Å². The number of hydrogen-bond donors (Lipinski definition) is 3. The largest absolute Gasteiger partial charge is 0.392 e. The van der Waals surface area contributed by atoms with Crippen LogP contribution in [0.2, 0.25) is 0 Å². The fourth-order valence-electron chi connectivity index (χ4n) is 1.18. The van der Waals surface area contributed by atoms with E-state index in [1.165, 1.54) is 0 Å². The minimum absolute atomic E-state index is 0.00767. The van der Waals surface area contributed by atoms with Crippen molar-refractivity contribution in [1.29, 1.82) is 0 Å². The SMILES string of the molecule is C=C(C)CNC(=S)Nc1ccccc1CO. The van der Waals surface area contributed by atoms with Gasteiger partial charge in [-0.3, -0.25) is 0 Å². The van der Waals surface area contributed by atoms with Gasteiger partial charge in [-0.2, -0.15) is 0 Å². The molecule has 3 N–H and O–H groups in total. The molecule has 1 rings (SSSR count). The molecule has 0 saturated carbocycles. The number of aliphatic hydroxyl groups is 1. The molecule has 0 aliphatic rings. The highest BCUT2D eigenvalue weighted by Gasteiger charge is 2.01. The van der Waals surface area contributed by atoms with E-state index in [9.17, 15) is 0 Å². The summed E-state index contributed by atoms with van der Waals surface area (Å²) in [5, 5.41) is 15.7. The molecule has 0 atom stereocenters. The maximum atomic E-state index is 9.13. The van der Waals surface area contributed by atoms with Crippen molar-refractivity contribution in [2.75, 3.05) is 11.9 Å². The molecule has 0 aliphatic heterocycles. The average molecular weight is 236 g/mol. The summed E-state index contributed by atoms with van der Waals surface area (Å²) in [6, 6.07) is 7.49. The standard InChI is InChI=1S/C12H16N2OS/c1-9(2)7-13-12(16)14-11-6-4-3-5-10(11)8-15/h3-6,15H,1,7-8H2,2H3,(H2,13,14,16). The first-order valence-corrected chi connectivity index (χ1v) is 5.42. The zero-order valence-electron chi connectivity index (χ0n) is 9.29. The predicted molar refractivity (Wildman–Crippen MR) is 71.4 cm³/mol. The van der Waals surface area contributed by atoms with Gasteiger partial charge in [-0.15, -0.1) is 0 Å². The first-order chi connectivity index (χ1) is 7.63. The molecule has 0 bridgehead atoms. The van der Waals surface area contributed by atoms with Crippen LogP contribution < -0.4 is 10.6 Å². The second kappa shape index (κ2) is 6.25. The number of rotatable bonds is 4. The Morgan fingerprint density at radius 3 is 2.75 bits per heavy atom. The fourth-order valence-corrected chi connectivity index (χ4v) is 1.36. The minimum atomic E-state index is -0.00767. The highest BCUT2D eigenvalue weighted by Crippen LogP contribution is 2.14. The van der Waals surface area contributed by atoms with Crippen molar-refractivity contribution in [3.05, 3.63) is 42.0 Å². The van der Waals surface area contributed by atoms with E-state index in [2.05, 4.69) is 17.2 Å². The van der Waals surface area contributed by atoms with Crippen molar-refractivity contribution in [2.45, 2.75) is 13.5 Å². The third-order valence-electron chi connectivity index (χ3n) is 1.99. The van der Waals surface area contributed by atoms with Gasteiger partial charge in [-0.1, -0.05) is 30.4 Å². The summed E-state index contributed by atoms with van der Waals surface area (Å²) < 4.78 is 0. The number of benzene rings is 1. The smallest absolute Gasteiger partial charge is 0.171 e. The lowest BCUT2D eigenvalue weighted by molar-refractivity contribution is 0.282. The van der Waals surface area contributed by atoms with E-state index in [4.69, 9.17) is 17.3 Å². The van der Waals surface area contributed by atoms with Crippen LogP contribution in [0.4, 0.5) is 5.69 Å². The lowest BCUT2D eigenvalue weighted by atomic mass is 10.2. The van der Waals surface area contributed by atoms with Gasteiger partial charge in [0.2, 0.25) is 0 Å². The lowest BCUT2D eigenvalue weighted by Crippen LogP contribution is -2.29. The highest BCUT2D eigenvalue weighted by molar-refractivity contribution is 7.80. The Kier molecular flexibility index (Phi) is 4.95. The summed E-state index contributed by atoms with van der Waals surface area (Å²) in [4.78, 5) is 0. The summed E-state index contributed by atoms with van der Waals surface area (Å²) in [7, 11) is 0. The van der Waals surface area contributed by atoms with Crippen LogP contribution in [0.15, 0.2) is 36.4 Å². The van der Waals surface area contributed by atoms with Crippen molar-refractivity contribution in [3.8, 4) is 0 Å². The van der Waals surface area contributed by atoms with E-state index in [0.717, 1.165) is 16.8 Å². The third-order valence-corrected chi connectivity index (χ3v) is 2.23. The number of para-hydroxylation sites is 1. The molecule has 86 valence electrons. The second-order valence-corrected chi connectivity index (χ2v) is 3.99. The Labute approximate surface area is 101 Å². The molecular formula is C12H16N2OS. The molecule has 0 heterocycles. The van der Waals surface area contributed by atoms with Gasteiger partial charge in [-0.25, -0.2) is 0 Å². The van der Waals surface area contributed by atoms with Crippen molar-refractivity contribution in [1.82, 2.24) is 5.32 Å². The summed E-state index contributed by atoms with van der Waals surface area (Å²) in [6.07, 6.45) is 0. The van der Waals surface area contributed by atoms with Crippen molar-refractivity contribution in [3.63, 3.8) is 0 Å². The number of thiocarbonyl (C=S) groups is 1. The van der Waals surface area contributed by atoms with Crippen LogP contribution in [0.25, 0.3) is 0 Å². The molecule has 0 unspecified atom stereocenters. The molecule has 3 nitrogen and oxygen atoms in total. The van der Waals surface area contributed by atoms with E-state index in [-0.39, 0.29) is 6.61 Å². The molecular weight excluding hydrogens is 220 g/mol. The summed E-state index contributed by atoms with van der Waals surface area (Å²) >= 11 is 5.12. The Morgan fingerprint density at radius 2 is 2.12 bits per heavy atom. The topological polar surface area (TPSA) is 44.3 Å². The Morgan fingerprint density at radius 1 is 1.44 bits per heavy atom. The van der Waals surface area contributed by atoms with Crippen LogP contribution in [-0.4, -0.2) is 16.8 Å². The van der Waals surface area contributed by atoms with Gasteiger partial charge >= 0.3 is 0 Å². The Balaban J connectivity index is 2.58. The van der Waals surface area contributed by atoms with Gasteiger partial charge in [-0.05, 0) is 25.2 Å². The van der Waals surface area contributed by atoms with Crippen LogP contribution >= 0.6 is 12.2 Å². The Bertz CT molecular complexity index is 390.